The minimum absolute atomic E-state index is 0.110. The minimum Gasteiger partial charge on any atom is -0.506 e. The van der Waals surface area contributed by atoms with Crippen LogP contribution in [0.1, 0.15) is 16.1 Å². The fourth-order valence-corrected chi connectivity index (χ4v) is 3.66. The van der Waals surface area contributed by atoms with Crippen LogP contribution in [-0.2, 0) is 0 Å². The van der Waals surface area contributed by atoms with Gasteiger partial charge in [0.25, 0.3) is 5.91 Å². The number of carbonyl (C=O) groups excluding carboxylic acids is 1. The van der Waals surface area contributed by atoms with Gasteiger partial charge in [0.1, 0.15) is 11.5 Å². The summed E-state index contributed by atoms with van der Waals surface area (Å²) in [5.41, 5.74) is 4.25. The highest BCUT2D eigenvalue weighted by atomic mass is 79.9. The zero-order valence-electron chi connectivity index (χ0n) is 14.2. The first-order valence-corrected chi connectivity index (χ1v) is 9.41. The second-order valence-corrected chi connectivity index (χ2v) is 7.25. The summed E-state index contributed by atoms with van der Waals surface area (Å²) in [5.74, 6) is 0.106. The number of benzene rings is 2. The lowest BCUT2D eigenvalue weighted by Crippen LogP contribution is -2.18. The summed E-state index contributed by atoms with van der Waals surface area (Å²) in [4.78, 5) is 12.3. The van der Waals surface area contributed by atoms with Gasteiger partial charge in [0.05, 0.1) is 29.1 Å². The molecule has 27 heavy (non-hydrogen) atoms. The molecule has 3 aromatic rings. The number of aromatic hydroxyl groups is 1. The predicted molar refractivity (Wildman–Crippen MR) is 111 cm³/mol. The van der Waals surface area contributed by atoms with Gasteiger partial charge in [0.2, 0.25) is 0 Å². The third kappa shape index (κ3) is 4.40. The number of aromatic nitrogens is 1. The van der Waals surface area contributed by atoms with E-state index in [0.717, 1.165) is 17.1 Å². The molecule has 138 valence electrons. The van der Waals surface area contributed by atoms with Crippen LogP contribution < -0.4 is 10.2 Å². The molecule has 0 saturated carbocycles. The molecule has 2 aromatic carbocycles. The Morgan fingerprint density at radius 3 is 2.67 bits per heavy atom. The van der Waals surface area contributed by atoms with E-state index in [1.165, 1.54) is 12.3 Å². The third-order valence-electron chi connectivity index (χ3n) is 3.77. The Bertz CT molecular complexity index is 998. The normalized spacial score (nSPS) is 10.9. The Labute approximate surface area is 172 Å². The Kier molecular flexibility index (Phi) is 5.98. The predicted octanol–water partition coefficient (Wildman–Crippen LogP) is 4.48. The average molecular weight is 493 g/mol. The highest BCUT2D eigenvalue weighted by Crippen LogP contribution is 2.31. The summed E-state index contributed by atoms with van der Waals surface area (Å²) in [7, 11) is 1.62. The summed E-state index contributed by atoms with van der Waals surface area (Å²) in [6.07, 6.45) is 3.43. The van der Waals surface area contributed by atoms with Gasteiger partial charge in [0, 0.05) is 16.4 Å². The number of phenolic OH excluding ortho intramolecular Hbond substituents is 1. The monoisotopic (exact) mass is 491 g/mol. The molecule has 1 amide bonds. The highest BCUT2D eigenvalue weighted by molar-refractivity contribution is 9.11. The number of nitrogens with one attached hydrogen (secondary N) is 1. The van der Waals surface area contributed by atoms with Crippen molar-refractivity contribution in [3.63, 3.8) is 0 Å². The molecule has 3 rings (SSSR count). The molecule has 0 radical (unpaired) electrons. The van der Waals surface area contributed by atoms with Crippen molar-refractivity contribution < 1.29 is 14.6 Å². The second kappa shape index (κ2) is 8.41. The summed E-state index contributed by atoms with van der Waals surface area (Å²) < 4.78 is 8.16. The maximum Gasteiger partial charge on any atom is 0.275 e. The van der Waals surface area contributed by atoms with Crippen LogP contribution in [0, 0.1) is 0 Å². The smallest absolute Gasteiger partial charge is 0.275 e. The summed E-state index contributed by atoms with van der Waals surface area (Å²) >= 11 is 6.49. The molecular formula is C19H15Br2N3O3. The fraction of sp³-hybridized carbons (Fsp3) is 0.0526. The molecule has 6 nitrogen and oxygen atoms in total. The van der Waals surface area contributed by atoms with E-state index in [2.05, 4.69) is 42.4 Å². The Balaban J connectivity index is 1.76. The number of nitrogens with zero attached hydrogens (tertiary/aromatic N) is 2. The van der Waals surface area contributed by atoms with E-state index in [4.69, 9.17) is 4.74 Å². The average Bonchev–Trinajstić information content (AvgIpc) is 3.13. The van der Waals surface area contributed by atoms with E-state index >= 15 is 0 Å². The zero-order chi connectivity index (χ0) is 19.4. The number of amides is 1. The third-order valence-corrected chi connectivity index (χ3v) is 4.83. The van der Waals surface area contributed by atoms with Crippen molar-refractivity contribution >= 4 is 44.0 Å². The molecule has 0 aliphatic carbocycles. The van der Waals surface area contributed by atoms with E-state index in [0.29, 0.717) is 8.95 Å². The number of ether oxygens (including phenoxy) is 1. The van der Waals surface area contributed by atoms with Gasteiger partial charge in [0.15, 0.2) is 0 Å². The van der Waals surface area contributed by atoms with Crippen molar-refractivity contribution in [3.8, 4) is 17.2 Å². The summed E-state index contributed by atoms with van der Waals surface area (Å²) in [6.45, 7) is 0. The SMILES string of the molecule is COc1ccc(-n2cccc2/C=N\NC(=O)c2cc(Br)cc(Br)c2O)cc1. The van der Waals surface area contributed by atoms with Crippen molar-refractivity contribution in [1.82, 2.24) is 9.99 Å². The molecule has 0 bridgehead atoms. The molecule has 1 aromatic heterocycles. The molecule has 0 atom stereocenters. The lowest BCUT2D eigenvalue weighted by molar-refractivity contribution is 0.0952. The van der Waals surface area contributed by atoms with Crippen LogP contribution >= 0.6 is 31.9 Å². The first-order chi connectivity index (χ1) is 13.0. The van der Waals surface area contributed by atoms with Gasteiger partial charge in [-0.3, -0.25) is 4.79 Å². The summed E-state index contributed by atoms with van der Waals surface area (Å²) in [6, 6.07) is 14.5. The standard InChI is InChI=1S/C19H15Br2N3O3/c1-27-15-6-4-13(5-7-15)24-8-2-3-14(24)11-22-23-19(26)16-9-12(20)10-17(21)18(16)25/h2-11,25H,1H3,(H,23,26)/b22-11-. The van der Waals surface area contributed by atoms with Crippen LogP contribution in [0.4, 0.5) is 0 Å². The fourth-order valence-electron chi connectivity index (χ4n) is 2.43. The van der Waals surface area contributed by atoms with Crippen LogP contribution in [0.3, 0.4) is 0 Å². The lowest BCUT2D eigenvalue weighted by Gasteiger charge is -2.08. The second-order valence-electron chi connectivity index (χ2n) is 5.48. The molecule has 0 spiro atoms. The number of rotatable bonds is 5. The van der Waals surface area contributed by atoms with Crippen molar-refractivity contribution in [2.75, 3.05) is 7.11 Å². The molecule has 8 heteroatoms. The van der Waals surface area contributed by atoms with Gasteiger partial charge in [-0.15, -0.1) is 0 Å². The van der Waals surface area contributed by atoms with Gasteiger partial charge in [-0.25, -0.2) is 5.43 Å². The van der Waals surface area contributed by atoms with Crippen LogP contribution in [-0.4, -0.2) is 28.9 Å². The van der Waals surface area contributed by atoms with Crippen LogP contribution in [0.15, 0.2) is 68.8 Å². The number of hydrazone groups is 1. The van der Waals surface area contributed by atoms with Crippen molar-refractivity contribution in [1.29, 1.82) is 0 Å². The topological polar surface area (TPSA) is 75.8 Å². The highest BCUT2D eigenvalue weighted by Gasteiger charge is 2.14. The molecule has 0 fully saturated rings. The zero-order valence-corrected chi connectivity index (χ0v) is 17.4. The van der Waals surface area contributed by atoms with Crippen LogP contribution in [0.5, 0.6) is 11.5 Å². The van der Waals surface area contributed by atoms with E-state index in [-0.39, 0.29) is 11.3 Å². The maximum absolute atomic E-state index is 12.3. The number of phenols is 1. The number of hydrogen-bond acceptors (Lipinski definition) is 4. The van der Waals surface area contributed by atoms with E-state index < -0.39 is 5.91 Å². The summed E-state index contributed by atoms with van der Waals surface area (Å²) in [5, 5.41) is 14.0. The maximum atomic E-state index is 12.3. The molecular weight excluding hydrogens is 478 g/mol. The Morgan fingerprint density at radius 1 is 1.22 bits per heavy atom. The molecule has 0 unspecified atom stereocenters. The minimum atomic E-state index is -0.520. The van der Waals surface area contributed by atoms with Crippen LogP contribution in [0.2, 0.25) is 0 Å². The number of hydrogen-bond donors (Lipinski definition) is 2. The number of methoxy groups -OCH3 is 1. The molecule has 0 aliphatic heterocycles. The van der Waals surface area contributed by atoms with Gasteiger partial charge in [-0.1, -0.05) is 15.9 Å². The molecule has 1 heterocycles. The number of halogens is 2. The van der Waals surface area contributed by atoms with E-state index in [9.17, 15) is 9.90 Å². The first kappa shape index (κ1) is 19.2. The Morgan fingerprint density at radius 2 is 1.96 bits per heavy atom. The molecule has 0 aliphatic rings. The van der Waals surface area contributed by atoms with Gasteiger partial charge in [-0.2, -0.15) is 5.10 Å². The Hall–Kier alpha value is -2.58. The molecule has 2 N–H and O–H groups in total. The molecule has 0 saturated heterocycles. The quantitative estimate of drug-likeness (QED) is 0.407. The van der Waals surface area contributed by atoms with Gasteiger partial charge in [-0.05, 0) is 64.5 Å². The van der Waals surface area contributed by atoms with Crippen molar-refractivity contribution in [3.05, 3.63) is 74.9 Å². The van der Waals surface area contributed by atoms with E-state index in [1.807, 2.05) is 47.2 Å². The van der Waals surface area contributed by atoms with E-state index in [1.54, 1.807) is 13.2 Å². The first-order valence-electron chi connectivity index (χ1n) is 7.83. The number of carbonyl (C=O) groups is 1. The lowest BCUT2D eigenvalue weighted by atomic mass is 10.2. The largest absolute Gasteiger partial charge is 0.506 e. The van der Waals surface area contributed by atoms with Crippen molar-refractivity contribution in [2.45, 2.75) is 0 Å². The van der Waals surface area contributed by atoms with Crippen LogP contribution in [0.25, 0.3) is 5.69 Å². The van der Waals surface area contributed by atoms with Gasteiger partial charge < -0.3 is 14.4 Å². The van der Waals surface area contributed by atoms with Gasteiger partial charge >= 0.3 is 0 Å². The van der Waals surface area contributed by atoms with Crippen molar-refractivity contribution in [2.24, 2.45) is 5.10 Å².